The minimum atomic E-state index is -0.972. The molecule has 1 amide bonds. The number of Topliss-reactive ketones (excluding diaryl/α,β-unsaturated/α-hetero) is 1. The van der Waals surface area contributed by atoms with E-state index in [1.165, 1.54) is 25.2 Å². The summed E-state index contributed by atoms with van der Waals surface area (Å²) in [5, 5.41) is 12.2. The maximum atomic E-state index is 13.6. The lowest BCUT2D eigenvalue weighted by Crippen LogP contribution is -2.30. The first-order valence-electron chi connectivity index (χ1n) is 12.1. The third-order valence-corrected chi connectivity index (χ3v) is 7.86. The van der Waals surface area contributed by atoms with E-state index in [0.717, 1.165) is 5.56 Å². The minimum absolute atomic E-state index is 0.0139. The van der Waals surface area contributed by atoms with Crippen molar-refractivity contribution in [1.82, 2.24) is 0 Å². The Kier molecular flexibility index (Phi) is 7.95. The second-order valence-electron chi connectivity index (χ2n) is 10.2. The van der Waals surface area contributed by atoms with Gasteiger partial charge in [-0.1, -0.05) is 85.9 Å². The Morgan fingerprint density at radius 1 is 0.923 bits per heavy atom. The minimum Gasteiger partial charge on any atom is -0.507 e. The highest BCUT2D eigenvalue weighted by molar-refractivity contribution is 6.52. The Morgan fingerprint density at radius 3 is 2.10 bits per heavy atom. The lowest BCUT2D eigenvalue weighted by atomic mass is 9.85. The molecule has 204 valence electrons. The fourth-order valence-corrected chi connectivity index (χ4v) is 5.57. The van der Waals surface area contributed by atoms with Crippen molar-refractivity contribution in [2.24, 2.45) is 0 Å². The fraction of sp³-hybridized carbons (Fsp3) is 0.267. The van der Waals surface area contributed by atoms with E-state index < -0.39 is 23.5 Å². The summed E-state index contributed by atoms with van der Waals surface area (Å²) in [6.07, 6.45) is 0. The van der Waals surface area contributed by atoms with Gasteiger partial charge in [-0.05, 0) is 47.2 Å². The first-order chi connectivity index (χ1) is 18.3. The number of amides is 1. The van der Waals surface area contributed by atoms with Crippen molar-refractivity contribution in [2.45, 2.75) is 39.2 Å². The quantitative estimate of drug-likeness (QED) is 0.186. The zero-order valence-corrected chi connectivity index (χ0v) is 24.6. The van der Waals surface area contributed by atoms with Crippen LogP contribution in [0.3, 0.4) is 0 Å². The van der Waals surface area contributed by atoms with Crippen LogP contribution >= 0.6 is 34.8 Å². The number of ketones is 1. The van der Waals surface area contributed by atoms with Gasteiger partial charge in [0.25, 0.3) is 11.7 Å². The molecule has 3 aromatic carbocycles. The van der Waals surface area contributed by atoms with Gasteiger partial charge in [0.1, 0.15) is 10.8 Å². The van der Waals surface area contributed by atoms with Gasteiger partial charge in [-0.25, -0.2) is 0 Å². The number of ether oxygens (including phenoxy) is 2. The van der Waals surface area contributed by atoms with Crippen LogP contribution in [0.25, 0.3) is 5.76 Å². The van der Waals surface area contributed by atoms with Gasteiger partial charge in [0.2, 0.25) is 0 Å². The summed E-state index contributed by atoms with van der Waals surface area (Å²) >= 11 is 19.2. The Balaban J connectivity index is 2.04. The molecule has 0 spiro atoms. The molecule has 1 N–H and O–H groups in total. The lowest BCUT2D eigenvalue weighted by Gasteiger charge is -2.28. The van der Waals surface area contributed by atoms with Crippen molar-refractivity contribution in [3.8, 4) is 11.5 Å². The van der Waals surface area contributed by atoms with Gasteiger partial charge < -0.3 is 14.6 Å². The molecule has 9 heteroatoms. The highest BCUT2D eigenvalue weighted by Gasteiger charge is 2.48. The molecule has 0 saturated carbocycles. The summed E-state index contributed by atoms with van der Waals surface area (Å²) in [6.45, 7) is 8.04. The molecule has 1 aliphatic rings. The van der Waals surface area contributed by atoms with Crippen LogP contribution in [0.5, 0.6) is 11.5 Å². The van der Waals surface area contributed by atoms with Crippen LogP contribution < -0.4 is 14.4 Å². The van der Waals surface area contributed by atoms with Gasteiger partial charge in [0.15, 0.2) is 11.5 Å². The number of aliphatic hydroxyl groups is 1. The normalized spacial score (nSPS) is 17.1. The second-order valence-corrected chi connectivity index (χ2v) is 11.4. The Bertz CT molecular complexity index is 1510. The number of halogens is 3. The summed E-state index contributed by atoms with van der Waals surface area (Å²) in [4.78, 5) is 28.6. The number of aliphatic hydroxyl groups excluding tert-OH is 1. The molecule has 4 rings (SSSR count). The van der Waals surface area contributed by atoms with Crippen LogP contribution in [0.1, 0.15) is 49.1 Å². The molecule has 1 heterocycles. The summed E-state index contributed by atoms with van der Waals surface area (Å²) in [5.41, 5.74) is 2.54. The predicted octanol–water partition coefficient (Wildman–Crippen LogP) is 7.90. The molecule has 0 aromatic heterocycles. The molecule has 3 aromatic rings. The van der Waals surface area contributed by atoms with Crippen LogP contribution in [0.2, 0.25) is 15.1 Å². The first kappa shape index (κ1) is 28.8. The molecule has 1 atom stereocenters. The number of nitrogens with zero attached hydrogens (tertiary/aromatic N) is 1. The number of carbonyl (C=O) groups is 2. The third-order valence-electron chi connectivity index (χ3n) is 6.83. The van der Waals surface area contributed by atoms with Crippen molar-refractivity contribution < 1.29 is 24.2 Å². The molecular weight excluding hydrogens is 561 g/mol. The van der Waals surface area contributed by atoms with Gasteiger partial charge in [-0.3, -0.25) is 14.5 Å². The number of rotatable bonds is 5. The number of hydrogen-bond donors (Lipinski definition) is 1. The average Bonchev–Trinajstić information content (AvgIpc) is 3.15. The molecule has 0 aliphatic carbocycles. The highest BCUT2D eigenvalue weighted by Crippen LogP contribution is 2.48. The largest absolute Gasteiger partial charge is 0.507 e. The van der Waals surface area contributed by atoms with Gasteiger partial charge >= 0.3 is 0 Å². The van der Waals surface area contributed by atoms with E-state index in [1.54, 1.807) is 25.1 Å². The average molecular weight is 589 g/mol. The summed E-state index contributed by atoms with van der Waals surface area (Å²) in [7, 11) is 2.76. The predicted molar refractivity (Wildman–Crippen MR) is 156 cm³/mol. The van der Waals surface area contributed by atoms with Crippen molar-refractivity contribution >= 4 is 57.9 Å². The SMILES string of the molecule is COc1c(Cl)cc(/C(O)=C2\C(=O)C(=O)N(c3cccc(Cl)c3C)C2c2ccc(C(C)(C)C)cc2)c(OC)c1Cl. The number of benzene rings is 3. The van der Waals surface area contributed by atoms with E-state index in [4.69, 9.17) is 44.3 Å². The molecule has 39 heavy (non-hydrogen) atoms. The molecule has 1 aliphatic heterocycles. The van der Waals surface area contributed by atoms with Crippen molar-refractivity contribution in [2.75, 3.05) is 19.1 Å². The Morgan fingerprint density at radius 2 is 1.54 bits per heavy atom. The summed E-state index contributed by atoms with van der Waals surface area (Å²) in [6, 6.07) is 13.1. The topological polar surface area (TPSA) is 76.1 Å². The van der Waals surface area contributed by atoms with E-state index in [0.29, 0.717) is 21.8 Å². The van der Waals surface area contributed by atoms with Crippen LogP contribution in [0.15, 0.2) is 54.1 Å². The molecule has 1 saturated heterocycles. The number of methoxy groups -OCH3 is 2. The van der Waals surface area contributed by atoms with Gasteiger partial charge in [0, 0.05) is 10.7 Å². The molecular formula is C30H28Cl3NO5. The zero-order valence-electron chi connectivity index (χ0n) is 22.4. The zero-order chi connectivity index (χ0) is 28.8. The molecule has 6 nitrogen and oxygen atoms in total. The van der Waals surface area contributed by atoms with Gasteiger partial charge in [-0.15, -0.1) is 0 Å². The molecule has 1 unspecified atom stereocenters. The number of hydrogen-bond acceptors (Lipinski definition) is 5. The summed E-state index contributed by atoms with van der Waals surface area (Å²) in [5.74, 6) is -1.97. The maximum absolute atomic E-state index is 13.6. The molecule has 0 bridgehead atoms. The molecule has 0 radical (unpaired) electrons. The van der Waals surface area contributed by atoms with Gasteiger partial charge in [0.05, 0.1) is 36.4 Å². The Labute approximate surface area is 242 Å². The van der Waals surface area contributed by atoms with Gasteiger partial charge in [-0.2, -0.15) is 0 Å². The standard InChI is InChI=1S/C30H28Cl3NO5/c1-15-19(31)8-7-9-21(15)34-24(16-10-12-17(13-11-16)30(2,3)4)22(26(36)29(34)37)25(35)18-14-20(32)28(39-6)23(33)27(18)38-5/h7-14,24,35H,1-6H3/b25-22+. The Hall–Kier alpha value is -3.19. The maximum Gasteiger partial charge on any atom is 0.300 e. The first-order valence-corrected chi connectivity index (χ1v) is 13.2. The highest BCUT2D eigenvalue weighted by atomic mass is 35.5. The van der Waals surface area contributed by atoms with Crippen molar-refractivity contribution in [1.29, 1.82) is 0 Å². The number of anilines is 1. The number of carbonyl (C=O) groups excluding carboxylic acids is 2. The monoisotopic (exact) mass is 587 g/mol. The van der Waals surface area contributed by atoms with Crippen LogP contribution in [0, 0.1) is 6.92 Å². The third kappa shape index (κ3) is 4.97. The van der Waals surface area contributed by atoms with E-state index in [1.807, 2.05) is 24.3 Å². The van der Waals surface area contributed by atoms with E-state index >= 15 is 0 Å². The van der Waals surface area contributed by atoms with E-state index in [-0.39, 0.29) is 38.1 Å². The van der Waals surface area contributed by atoms with Crippen molar-refractivity contribution in [3.05, 3.63) is 91.4 Å². The summed E-state index contributed by atoms with van der Waals surface area (Å²) < 4.78 is 10.7. The smallest absolute Gasteiger partial charge is 0.300 e. The van der Waals surface area contributed by atoms with Crippen LogP contribution in [0.4, 0.5) is 5.69 Å². The molecule has 1 fully saturated rings. The van der Waals surface area contributed by atoms with Crippen molar-refractivity contribution in [3.63, 3.8) is 0 Å². The van der Waals surface area contributed by atoms with E-state index in [2.05, 4.69) is 20.8 Å². The fourth-order valence-electron chi connectivity index (χ4n) is 4.71. The van der Waals surface area contributed by atoms with Crippen LogP contribution in [-0.2, 0) is 15.0 Å². The lowest BCUT2D eigenvalue weighted by molar-refractivity contribution is -0.132. The van der Waals surface area contributed by atoms with E-state index in [9.17, 15) is 14.7 Å². The van der Waals surface area contributed by atoms with Crippen LogP contribution in [-0.4, -0.2) is 31.0 Å². The second kappa shape index (κ2) is 10.8.